The number of nitro groups is 1. The van der Waals surface area contributed by atoms with Gasteiger partial charge in [0.25, 0.3) is 0 Å². The molecule has 0 aliphatic heterocycles. The standard InChI is InChI=1S/C10H11NO5/c1-7-2-3-8(11(14)15)9(6-7)16-5-4-10(12)13/h2-3,6H,4-5H2,1H3,(H,12,13). The van der Waals surface area contributed by atoms with Crippen molar-refractivity contribution in [2.75, 3.05) is 6.61 Å². The van der Waals surface area contributed by atoms with Gasteiger partial charge in [-0.3, -0.25) is 14.9 Å². The smallest absolute Gasteiger partial charge is 0.310 e. The van der Waals surface area contributed by atoms with Gasteiger partial charge in [-0.15, -0.1) is 0 Å². The van der Waals surface area contributed by atoms with Crippen molar-refractivity contribution in [1.29, 1.82) is 0 Å². The number of hydrogen-bond donors (Lipinski definition) is 1. The molecule has 0 aliphatic rings. The van der Waals surface area contributed by atoms with Crippen LogP contribution in [0.15, 0.2) is 18.2 Å². The Bertz CT molecular complexity index is 416. The molecule has 0 bridgehead atoms. The first-order valence-corrected chi connectivity index (χ1v) is 4.60. The van der Waals surface area contributed by atoms with E-state index in [0.717, 1.165) is 5.56 Å². The Kier molecular flexibility index (Phi) is 3.82. The minimum atomic E-state index is -1.00. The van der Waals surface area contributed by atoms with Gasteiger partial charge in [0.05, 0.1) is 18.0 Å². The maximum Gasteiger partial charge on any atom is 0.310 e. The van der Waals surface area contributed by atoms with Gasteiger partial charge in [-0.05, 0) is 18.6 Å². The molecule has 0 aromatic heterocycles. The first-order valence-electron chi connectivity index (χ1n) is 4.60. The SMILES string of the molecule is Cc1ccc([N+](=O)[O-])c(OCCC(=O)O)c1. The Morgan fingerprint density at radius 2 is 2.25 bits per heavy atom. The topological polar surface area (TPSA) is 89.7 Å². The van der Waals surface area contributed by atoms with E-state index in [1.165, 1.54) is 12.1 Å². The third-order valence-electron chi connectivity index (χ3n) is 1.89. The predicted octanol–water partition coefficient (Wildman–Crippen LogP) is 1.76. The number of nitrogens with zero attached hydrogens (tertiary/aromatic N) is 1. The fourth-order valence-corrected chi connectivity index (χ4v) is 1.14. The number of aliphatic carboxylic acids is 1. The van der Waals surface area contributed by atoms with Gasteiger partial charge in [0.15, 0.2) is 5.75 Å². The highest BCUT2D eigenvalue weighted by atomic mass is 16.6. The molecule has 0 amide bonds. The summed E-state index contributed by atoms with van der Waals surface area (Å²) >= 11 is 0. The maximum atomic E-state index is 10.6. The summed E-state index contributed by atoms with van der Waals surface area (Å²) in [6, 6.07) is 4.45. The van der Waals surface area contributed by atoms with E-state index in [-0.39, 0.29) is 24.5 Å². The number of carboxylic acid groups (broad SMARTS) is 1. The first kappa shape index (κ1) is 12.0. The van der Waals surface area contributed by atoms with Gasteiger partial charge < -0.3 is 9.84 Å². The molecule has 0 aliphatic carbocycles. The third-order valence-corrected chi connectivity index (χ3v) is 1.89. The van der Waals surface area contributed by atoms with Crippen LogP contribution in [0.5, 0.6) is 5.75 Å². The maximum absolute atomic E-state index is 10.6. The second-order valence-corrected chi connectivity index (χ2v) is 3.22. The van der Waals surface area contributed by atoms with E-state index in [0.29, 0.717) is 0 Å². The van der Waals surface area contributed by atoms with Gasteiger partial charge in [0, 0.05) is 6.07 Å². The van der Waals surface area contributed by atoms with Crippen LogP contribution in [-0.4, -0.2) is 22.6 Å². The largest absolute Gasteiger partial charge is 0.486 e. The average molecular weight is 225 g/mol. The summed E-state index contributed by atoms with van der Waals surface area (Å²) in [6.45, 7) is 1.69. The number of hydrogen-bond acceptors (Lipinski definition) is 4. The zero-order valence-electron chi connectivity index (χ0n) is 8.67. The Hall–Kier alpha value is -2.11. The lowest BCUT2D eigenvalue weighted by Gasteiger charge is -2.05. The summed E-state index contributed by atoms with van der Waals surface area (Å²) in [5, 5.41) is 19.1. The molecule has 0 saturated carbocycles. The van der Waals surface area contributed by atoms with Crippen molar-refractivity contribution in [3.05, 3.63) is 33.9 Å². The zero-order chi connectivity index (χ0) is 12.1. The Morgan fingerprint density at radius 1 is 1.56 bits per heavy atom. The van der Waals surface area contributed by atoms with Crippen LogP contribution < -0.4 is 4.74 Å². The van der Waals surface area contributed by atoms with E-state index in [2.05, 4.69) is 0 Å². The van der Waals surface area contributed by atoms with Crippen LogP contribution in [0.3, 0.4) is 0 Å². The van der Waals surface area contributed by atoms with Crippen molar-refractivity contribution in [3.63, 3.8) is 0 Å². The van der Waals surface area contributed by atoms with Gasteiger partial charge in [0.2, 0.25) is 0 Å². The zero-order valence-corrected chi connectivity index (χ0v) is 8.67. The van der Waals surface area contributed by atoms with E-state index >= 15 is 0 Å². The van der Waals surface area contributed by atoms with E-state index in [4.69, 9.17) is 9.84 Å². The van der Waals surface area contributed by atoms with Crippen LogP contribution in [0.1, 0.15) is 12.0 Å². The van der Waals surface area contributed by atoms with Crippen LogP contribution >= 0.6 is 0 Å². The van der Waals surface area contributed by atoms with Crippen molar-refractivity contribution >= 4 is 11.7 Å². The molecule has 6 heteroatoms. The normalized spacial score (nSPS) is 9.81. The number of carbonyl (C=O) groups is 1. The molecule has 0 atom stereocenters. The molecule has 0 spiro atoms. The van der Waals surface area contributed by atoms with Crippen molar-refractivity contribution in [3.8, 4) is 5.75 Å². The summed E-state index contributed by atoms with van der Waals surface area (Å²) in [5.41, 5.74) is 0.659. The molecule has 1 aromatic carbocycles. The highest BCUT2D eigenvalue weighted by Gasteiger charge is 2.14. The molecule has 0 unspecified atom stereocenters. The highest BCUT2D eigenvalue weighted by molar-refractivity contribution is 5.66. The Balaban J connectivity index is 2.80. The second kappa shape index (κ2) is 5.11. The molecule has 1 N–H and O–H groups in total. The van der Waals surface area contributed by atoms with Gasteiger partial charge in [-0.25, -0.2) is 0 Å². The molecule has 86 valence electrons. The van der Waals surface area contributed by atoms with Crippen molar-refractivity contribution in [2.45, 2.75) is 13.3 Å². The number of ether oxygens (including phenoxy) is 1. The molecular weight excluding hydrogens is 214 g/mol. The van der Waals surface area contributed by atoms with E-state index < -0.39 is 10.9 Å². The molecule has 16 heavy (non-hydrogen) atoms. The van der Waals surface area contributed by atoms with Gasteiger partial charge in [-0.2, -0.15) is 0 Å². The average Bonchev–Trinajstić information content (AvgIpc) is 2.16. The fourth-order valence-electron chi connectivity index (χ4n) is 1.14. The van der Waals surface area contributed by atoms with Crippen LogP contribution in [-0.2, 0) is 4.79 Å². The molecule has 0 heterocycles. The van der Waals surface area contributed by atoms with Crippen molar-refractivity contribution in [2.24, 2.45) is 0 Å². The van der Waals surface area contributed by atoms with Crippen molar-refractivity contribution < 1.29 is 19.6 Å². The molecular formula is C10H11NO5. The van der Waals surface area contributed by atoms with Crippen molar-refractivity contribution in [1.82, 2.24) is 0 Å². The number of carboxylic acids is 1. The minimum absolute atomic E-state index is 0.0837. The summed E-state index contributed by atoms with van der Waals surface area (Å²) in [4.78, 5) is 20.3. The third kappa shape index (κ3) is 3.23. The first-order chi connectivity index (χ1) is 7.50. The summed E-state index contributed by atoms with van der Waals surface area (Å²) < 4.78 is 5.07. The van der Waals surface area contributed by atoms with Crippen LogP contribution in [0, 0.1) is 17.0 Å². The summed E-state index contributed by atoms with van der Waals surface area (Å²) in [5.74, 6) is -0.901. The number of aryl methyl sites for hydroxylation is 1. The van der Waals surface area contributed by atoms with E-state index in [1.54, 1.807) is 13.0 Å². The molecule has 6 nitrogen and oxygen atoms in total. The molecule has 0 saturated heterocycles. The molecule has 0 fully saturated rings. The van der Waals surface area contributed by atoms with Crippen LogP contribution in [0.4, 0.5) is 5.69 Å². The summed E-state index contributed by atoms with van der Waals surface area (Å²) in [7, 11) is 0. The number of nitro benzene ring substituents is 1. The van der Waals surface area contributed by atoms with Gasteiger partial charge >= 0.3 is 11.7 Å². The lowest BCUT2D eigenvalue weighted by molar-refractivity contribution is -0.385. The number of rotatable bonds is 5. The van der Waals surface area contributed by atoms with Gasteiger partial charge in [-0.1, -0.05) is 6.07 Å². The predicted molar refractivity (Wildman–Crippen MR) is 55.6 cm³/mol. The Labute approximate surface area is 91.6 Å². The molecule has 1 rings (SSSR count). The summed E-state index contributed by atoms with van der Waals surface area (Å²) in [6.07, 6.45) is -0.189. The minimum Gasteiger partial charge on any atom is -0.486 e. The Morgan fingerprint density at radius 3 is 2.81 bits per heavy atom. The molecule has 0 radical (unpaired) electrons. The van der Waals surface area contributed by atoms with Gasteiger partial charge in [0.1, 0.15) is 0 Å². The fraction of sp³-hybridized carbons (Fsp3) is 0.300. The number of benzene rings is 1. The molecule has 1 aromatic rings. The van der Waals surface area contributed by atoms with Crippen LogP contribution in [0.2, 0.25) is 0 Å². The lowest BCUT2D eigenvalue weighted by Crippen LogP contribution is -2.06. The quantitative estimate of drug-likeness (QED) is 0.609. The van der Waals surface area contributed by atoms with Crippen LogP contribution in [0.25, 0.3) is 0 Å². The second-order valence-electron chi connectivity index (χ2n) is 3.22. The van der Waals surface area contributed by atoms with E-state index in [1.807, 2.05) is 0 Å². The highest BCUT2D eigenvalue weighted by Crippen LogP contribution is 2.27. The lowest BCUT2D eigenvalue weighted by atomic mass is 10.2. The monoisotopic (exact) mass is 225 g/mol. The van der Waals surface area contributed by atoms with E-state index in [9.17, 15) is 14.9 Å².